The molecular formula is C23H16Br2. The molecule has 1 fully saturated rings. The lowest BCUT2D eigenvalue weighted by Gasteiger charge is -2.37. The van der Waals surface area contributed by atoms with Gasteiger partial charge in [-0.1, -0.05) is 81.1 Å². The molecular weight excluding hydrogens is 436 g/mol. The van der Waals surface area contributed by atoms with Crippen molar-refractivity contribution in [1.82, 2.24) is 0 Å². The molecule has 0 radical (unpaired) electrons. The van der Waals surface area contributed by atoms with Crippen molar-refractivity contribution in [2.24, 2.45) is 0 Å². The second kappa shape index (κ2) is 4.86. The van der Waals surface area contributed by atoms with Gasteiger partial charge in [-0.25, -0.2) is 0 Å². The summed E-state index contributed by atoms with van der Waals surface area (Å²) in [7, 11) is 0. The second-order valence-electron chi connectivity index (χ2n) is 7.55. The maximum atomic E-state index is 3.80. The van der Waals surface area contributed by atoms with Gasteiger partial charge in [-0.3, -0.25) is 0 Å². The van der Waals surface area contributed by atoms with E-state index in [9.17, 15) is 0 Å². The van der Waals surface area contributed by atoms with Crippen LogP contribution in [0.4, 0.5) is 0 Å². The molecule has 0 nitrogen and oxygen atoms in total. The van der Waals surface area contributed by atoms with Crippen LogP contribution < -0.4 is 0 Å². The second-order valence-corrected chi connectivity index (χ2v) is 9.26. The van der Waals surface area contributed by atoms with Crippen molar-refractivity contribution >= 4 is 64.2 Å². The molecule has 25 heavy (non-hydrogen) atoms. The Balaban J connectivity index is 2.01. The maximum absolute atomic E-state index is 3.80. The molecule has 0 bridgehead atoms. The maximum Gasteiger partial charge on any atom is 0.0254 e. The summed E-state index contributed by atoms with van der Waals surface area (Å²) in [6.45, 7) is 0. The molecule has 0 amide bonds. The summed E-state index contributed by atoms with van der Waals surface area (Å²) in [5.41, 5.74) is 3.30. The summed E-state index contributed by atoms with van der Waals surface area (Å²) in [5.74, 6) is 0. The monoisotopic (exact) mass is 450 g/mol. The fraction of sp³-hybridized carbons (Fsp3) is 0.217. The molecule has 0 atom stereocenters. The van der Waals surface area contributed by atoms with Crippen molar-refractivity contribution in [1.29, 1.82) is 0 Å². The Bertz CT molecular complexity index is 1130. The van der Waals surface area contributed by atoms with E-state index in [0.717, 1.165) is 0 Å². The van der Waals surface area contributed by atoms with Crippen LogP contribution in [0.25, 0.3) is 32.3 Å². The zero-order valence-corrected chi connectivity index (χ0v) is 16.9. The molecule has 0 saturated heterocycles. The molecule has 4 aromatic carbocycles. The first-order chi connectivity index (χ1) is 12.2. The van der Waals surface area contributed by atoms with Gasteiger partial charge in [0.25, 0.3) is 0 Å². The highest BCUT2D eigenvalue weighted by atomic mass is 79.9. The normalized spacial score (nSPS) is 17.7. The van der Waals surface area contributed by atoms with Gasteiger partial charge in [0, 0.05) is 14.4 Å². The van der Waals surface area contributed by atoms with Crippen LogP contribution in [0, 0.1) is 0 Å². The third-order valence-corrected chi connectivity index (χ3v) is 7.90. The van der Waals surface area contributed by atoms with E-state index in [1.807, 2.05) is 0 Å². The molecule has 0 aliphatic heterocycles. The average Bonchev–Trinajstić information content (AvgIpc) is 3.11. The van der Waals surface area contributed by atoms with Gasteiger partial charge in [0.1, 0.15) is 0 Å². The lowest BCUT2D eigenvalue weighted by atomic mass is 9.66. The van der Waals surface area contributed by atoms with Crippen molar-refractivity contribution in [2.75, 3.05) is 0 Å². The van der Waals surface area contributed by atoms with Crippen molar-refractivity contribution in [3.63, 3.8) is 0 Å². The van der Waals surface area contributed by atoms with Crippen LogP contribution in [-0.4, -0.2) is 0 Å². The molecule has 0 heterocycles. The van der Waals surface area contributed by atoms with Crippen LogP contribution in [0.5, 0.6) is 0 Å². The fourth-order valence-electron chi connectivity index (χ4n) is 5.49. The van der Waals surface area contributed by atoms with E-state index in [2.05, 4.69) is 80.4 Å². The minimum Gasteiger partial charge on any atom is -0.0563 e. The van der Waals surface area contributed by atoms with Crippen LogP contribution in [0.15, 0.2) is 57.5 Å². The Labute approximate surface area is 163 Å². The minimum absolute atomic E-state index is 0.195. The Morgan fingerprint density at radius 3 is 1.64 bits per heavy atom. The highest BCUT2D eigenvalue weighted by molar-refractivity contribution is 9.11. The molecule has 0 N–H and O–H groups in total. The van der Waals surface area contributed by atoms with Gasteiger partial charge in [-0.2, -0.15) is 0 Å². The van der Waals surface area contributed by atoms with E-state index < -0.39 is 0 Å². The van der Waals surface area contributed by atoms with E-state index in [-0.39, 0.29) is 5.41 Å². The Hall–Kier alpha value is -1.38. The van der Waals surface area contributed by atoms with E-state index >= 15 is 0 Å². The van der Waals surface area contributed by atoms with Gasteiger partial charge in [-0.05, 0) is 68.4 Å². The molecule has 1 saturated carbocycles. The SMILES string of the molecule is Brc1ccc2c3c1ccc1ccc4c(Br)ccc(c4c13)C21CCCC1. The fourth-order valence-corrected chi connectivity index (χ4v) is 6.42. The summed E-state index contributed by atoms with van der Waals surface area (Å²) >= 11 is 7.61. The van der Waals surface area contributed by atoms with Gasteiger partial charge in [0.05, 0.1) is 0 Å². The molecule has 0 aromatic heterocycles. The molecule has 6 rings (SSSR count). The van der Waals surface area contributed by atoms with Gasteiger partial charge < -0.3 is 0 Å². The Kier molecular flexibility index (Phi) is 2.87. The number of halogens is 2. The van der Waals surface area contributed by atoms with Crippen molar-refractivity contribution < 1.29 is 0 Å². The quantitative estimate of drug-likeness (QED) is 0.239. The highest BCUT2D eigenvalue weighted by Crippen LogP contribution is 2.56. The Morgan fingerprint density at radius 1 is 0.600 bits per heavy atom. The lowest BCUT2D eigenvalue weighted by Crippen LogP contribution is -2.26. The molecule has 122 valence electrons. The predicted octanol–water partition coefficient (Wildman–Crippen LogP) is 7.84. The number of hydrogen-bond acceptors (Lipinski definition) is 0. The van der Waals surface area contributed by atoms with Gasteiger partial charge in [0.2, 0.25) is 0 Å². The lowest BCUT2D eigenvalue weighted by molar-refractivity contribution is 0.543. The first-order valence-electron chi connectivity index (χ1n) is 8.98. The molecule has 2 heteroatoms. The summed E-state index contributed by atoms with van der Waals surface area (Å²) in [6.07, 6.45) is 5.19. The largest absolute Gasteiger partial charge is 0.0563 e. The molecule has 2 aliphatic rings. The van der Waals surface area contributed by atoms with Gasteiger partial charge >= 0.3 is 0 Å². The zero-order chi connectivity index (χ0) is 16.8. The van der Waals surface area contributed by atoms with Crippen LogP contribution in [0.3, 0.4) is 0 Å². The smallest absolute Gasteiger partial charge is 0.0254 e. The first-order valence-corrected chi connectivity index (χ1v) is 10.6. The Morgan fingerprint density at radius 2 is 1.12 bits per heavy atom. The third kappa shape index (κ3) is 1.68. The zero-order valence-electron chi connectivity index (χ0n) is 13.7. The van der Waals surface area contributed by atoms with Gasteiger partial charge in [0.15, 0.2) is 0 Å². The minimum atomic E-state index is 0.195. The predicted molar refractivity (Wildman–Crippen MR) is 114 cm³/mol. The number of benzene rings is 4. The van der Waals surface area contributed by atoms with Gasteiger partial charge in [-0.15, -0.1) is 0 Å². The average molecular weight is 452 g/mol. The van der Waals surface area contributed by atoms with Crippen LogP contribution in [-0.2, 0) is 5.41 Å². The van der Waals surface area contributed by atoms with E-state index in [1.165, 1.54) is 66.9 Å². The van der Waals surface area contributed by atoms with Crippen molar-refractivity contribution in [2.45, 2.75) is 31.1 Å². The first kappa shape index (κ1) is 14.8. The van der Waals surface area contributed by atoms with E-state index in [1.54, 1.807) is 11.1 Å². The van der Waals surface area contributed by atoms with Crippen molar-refractivity contribution in [3.05, 3.63) is 68.6 Å². The third-order valence-electron chi connectivity index (χ3n) is 6.52. The molecule has 0 unspecified atom stereocenters. The van der Waals surface area contributed by atoms with E-state index in [4.69, 9.17) is 0 Å². The number of rotatable bonds is 0. The van der Waals surface area contributed by atoms with Crippen LogP contribution in [0.1, 0.15) is 36.8 Å². The van der Waals surface area contributed by atoms with Crippen molar-refractivity contribution in [3.8, 4) is 0 Å². The topological polar surface area (TPSA) is 0 Å². The number of fused-ring (bicyclic) bond motifs is 2. The number of hydrogen-bond donors (Lipinski definition) is 0. The van der Waals surface area contributed by atoms with E-state index in [0.29, 0.717) is 0 Å². The standard InChI is InChI=1S/C23H16Br2/c24-18-9-7-16-21-14(18)5-3-13-4-6-15-19(25)10-8-17(22(15)20(13)21)23(16)11-1-2-12-23/h3-10H,1-2,11-12H2. The summed E-state index contributed by atoms with van der Waals surface area (Å²) in [5, 5.41) is 8.46. The van der Waals surface area contributed by atoms with Crippen LogP contribution in [0.2, 0.25) is 0 Å². The summed E-state index contributed by atoms with van der Waals surface area (Å²) < 4.78 is 2.41. The molecule has 1 spiro atoms. The summed E-state index contributed by atoms with van der Waals surface area (Å²) in [6, 6.07) is 18.4. The highest BCUT2D eigenvalue weighted by Gasteiger charge is 2.42. The summed E-state index contributed by atoms with van der Waals surface area (Å²) in [4.78, 5) is 0. The molecule has 2 aliphatic carbocycles. The van der Waals surface area contributed by atoms with Crippen LogP contribution >= 0.6 is 31.9 Å². The molecule has 4 aromatic rings.